The zero-order valence-corrected chi connectivity index (χ0v) is 19.7. The lowest BCUT2D eigenvalue weighted by Crippen LogP contribution is -2.27. The zero-order valence-electron chi connectivity index (χ0n) is 19.7. The maximum absolute atomic E-state index is 11.1. The second-order valence-corrected chi connectivity index (χ2v) is 9.75. The molecule has 174 valence electrons. The van der Waals surface area contributed by atoms with Crippen LogP contribution < -0.4 is 14.8 Å². The van der Waals surface area contributed by atoms with Crippen molar-refractivity contribution in [3.8, 4) is 11.5 Å². The van der Waals surface area contributed by atoms with E-state index in [9.17, 15) is 4.79 Å². The predicted molar refractivity (Wildman–Crippen MR) is 126 cm³/mol. The lowest BCUT2D eigenvalue weighted by molar-refractivity contribution is -0.133. The van der Waals surface area contributed by atoms with E-state index in [1.165, 1.54) is 25.9 Å². The Morgan fingerprint density at radius 1 is 1.22 bits per heavy atom. The fourth-order valence-corrected chi connectivity index (χ4v) is 4.75. The molecule has 2 aromatic rings. The van der Waals surface area contributed by atoms with Crippen molar-refractivity contribution in [1.29, 1.82) is 0 Å². The summed E-state index contributed by atoms with van der Waals surface area (Å²) in [5.41, 5.74) is 3.59. The lowest BCUT2D eigenvalue weighted by atomic mass is 10.0. The molecule has 4 rings (SSSR count). The van der Waals surface area contributed by atoms with Crippen LogP contribution in [0.5, 0.6) is 11.5 Å². The largest absolute Gasteiger partial charge is 0.493 e. The first-order valence-electron chi connectivity index (χ1n) is 11.7. The molecule has 2 aliphatic rings. The van der Waals surface area contributed by atoms with E-state index >= 15 is 0 Å². The standard InChI is InChI=1S/C25H35N3O4/c1-25(2,3)27-24-17-14-21(30-4)22(31-13-7-12-28-10-5-6-11-28)15-19(17)26-18-8-9-20(23(18)24)32-16-29/h14-16,20H,5-13H2,1-4H3,(H,26,27). The molecule has 7 heteroatoms. The van der Waals surface area contributed by atoms with Gasteiger partial charge in [-0.25, -0.2) is 0 Å². The normalized spacial score (nSPS) is 18.6. The van der Waals surface area contributed by atoms with Gasteiger partial charge in [0.25, 0.3) is 6.47 Å². The summed E-state index contributed by atoms with van der Waals surface area (Å²) >= 11 is 0. The van der Waals surface area contributed by atoms with Gasteiger partial charge in [-0.15, -0.1) is 0 Å². The number of anilines is 1. The van der Waals surface area contributed by atoms with Gasteiger partial charge in [-0.3, -0.25) is 9.78 Å². The molecule has 0 spiro atoms. The molecule has 0 amide bonds. The van der Waals surface area contributed by atoms with Crippen LogP contribution in [0.25, 0.3) is 10.9 Å². The lowest BCUT2D eigenvalue weighted by Gasteiger charge is -2.27. The fourth-order valence-electron chi connectivity index (χ4n) is 4.75. The SMILES string of the molecule is COc1cc2c(NC(C)(C)C)c3c(nc2cc1OCCCN1CCCC1)CCC3OC=O. The van der Waals surface area contributed by atoms with E-state index in [1.807, 2.05) is 12.1 Å². The Morgan fingerprint density at radius 2 is 2.00 bits per heavy atom. The van der Waals surface area contributed by atoms with Crippen LogP contribution >= 0.6 is 0 Å². The van der Waals surface area contributed by atoms with Gasteiger partial charge in [0.15, 0.2) is 11.5 Å². The van der Waals surface area contributed by atoms with Crippen LogP contribution in [0.3, 0.4) is 0 Å². The van der Waals surface area contributed by atoms with Crippen molar-refractivity contribution in [3.63, 3.8) is 0 Å². The molecule has 1 unspecified atom stereocenters. The maximum Gasteiger partial charge on any atom is 0.293 e. The molecule has 1 aliphatic carbocycles. The molecular formula is C25H35N3O4. The van der Waals surface area contributed by atoms with Crippen LogP contribution in [0, 0.1) is 0 Å². The zero-order chi connectivity index (χ0) is 22.7. The van der Waals surface area contributed by atoms with E-state index in [2.05, 4.69) is 31.0 Å². The van der Waals surface area contributed by atoms with Crippen molar-refractivity contribution < 1.29 is 19.0 Å². The summed E-state index contributed by atoms with van der Waals surface area (Å²) in [6.45, 7) is 11.0. The smallest absolute Gasteiger partial charge is 0.293 e. The van der Waals surface area contributed by atoms with Crippen molar-refractivity contribution in [2.24, 2.45) is 0 Å². The summed E-state index contributed by atoms with van der Waals surface area (Å²) in [4.78, 5) is 18.5. The second-order valence-electron chi connectivity index (χ2n) is 9.75. The van der Waals surface area contributed by atoms with Crippen molar-refractivity contribution in [1.82, 2.24) is 9.88 Å². The van der Waals surface area contributed by atoms with Crippen molar-refractivity contribution in [2.45, 2.75) is 64.5 Å². The molecule has 0 radical (unpaired) electrons. The van der Waals surface area contributed by atoms with Crippen LogP contribution in [0.2, 0.25) is 0 Å². The molecule has 7 nitrogen and oxygen atoms in total. The van der Waals surface area contributed by atoms with Gasteiger partial charge in [0.1, 0.15) is 6.10 Å². The van der Waals surface area contributed by atoms with Crippen LogP contribution in [0.1, 0.15) is 63.8 Å². The molecule has 1 atom stereocenters. The van der Waals surface area contributed by atoms with E-state index in [4.69, 9.17) is 19.2 Å². The van der Waals surface area contributed by atoms with Crippen LogP contribution in [0.4, 0.5) is 5.69 Å². The second kappa shape index (κ2) is 9.53. The fraction of sp³-hybridized carbons (Fsp3) is 0.600. The first-order chi connectivity index (χ1) is 15.4. The first kappa shape index (κ1) is 22.6. The molecule has 1 saturated heterocycles. The molecule has 1 N–H and O–H groups in total. The third-order valence-electron chi connectivity index (χ3n) is 6.15. The summed E-state index contributed by atoms with van der Waals surface area (Å²) in [6, 6.07) is 3.97. The minimum absolute atomic E-state index is 0.172. The summed E-state index contributed by atoms with van der Waals surface area (Å²) in [5.74, 6) is 1.40. The number of methoxy groups -OCH3 is 1. The highest BCUT2D eigenvalue weighted by atomic mass is 16.5. The Hall–Kier alpha value is -2.54. The number of aromatic nitrogens is 1. The van der Waals surface area contributed by atoms with Gasteiger partial charge in [0, 0.05) is 29.1 Å². The highest BCUT2D eigenvalue weighted by Crippen LogP contribution is 2.44. The quantitative estimate of drug-likeness (QED) is 0.454. The number of hydrogen-bond donors (Lipinski definition) is 1. The van der Waals surface area contributed by atoms with Crippen molar-refractivity contribution in [2.75, 3.05) is 38.7 Å². The van der Waals surface area contributed by atoms with Crippen molar-refractivity contribution >= 4 is 23.1 Å². The number of nitrogens with zero attached hydrogens (tertiary/aromatic N) is 2. The van der Waals surface area contributed by atoms with Crippen LogP contribution in [-0.2, 0) is 16.0 Å². The molecule has 2 heterocycles. The highest BCUT2D eigenvalue weighted by Gasteiger charge is 2.31. The summed E-state index contributed by atoms with van der Waals surface area (Å²) in [5, 5.41) is 4.58. The third-order valence-corrected chi connectivity index (χ3v) is 6.15. The summed E-state index contributed by atoms with van der Waals surface area (Å²) < 4.78 is 17.2. The van der Waals surface area contributed by atoms with Crippen molar-refractivity contribution in [3.05, 3.63) is 23.4 Å². The third kappa shape index (κ3) is 4.93. The number of nitrogens with one attached hydrogen (secondary N) is 1. The maximum atomic E-state index is 11.1. The van der Waals surface area contributed by atoms with Crippen LogP contribution in [-0.4, -0.2) is 55.2 Å². The van der Waals surface area contributed by atoms with Crippen LogP contribution in [0.15, 0.2) is 12.1 Å². The van der Waals surface area contributed by atoms with E-state index in [1.54, 1.807) is 7.11 Å². The number of pyridine rings is 1. The van der Waals surface area contributed by atoms with Gasteiger partial charge in [-0.05, 0) is 72.0 Å². The Morgan fingerprint density at radius 3 is 2.69 bits per heavy atom. The van der Waals surface area contributed by atoms with Gasteiger partial charge in [-0.1, -0.05) is 0 Å². The number of hydrogen-bond acceptors (Lipinski definition) is 7. The highest BCUT2D eigenvalue weighted by molar-refractivity contribution is 5.96. The van der Waals surface area contributed by atoms with Gasteiger partial charge >= 0.3 is 0 Å². The van der Waals surface area contributed by atoms with E-state index < -0.39 is 0 Å². The Labute approximate surface area is 190 Å². The number of likely N-dealkylation sites (tertiary alicyclic amines) is 1. The monoisotopic (exact) mass is 441 g/mol. The first-order valence-corrected chi connectivity index (χ1v) is 11.7. The Bertz CT molecular complexity index is 964. The number of aryl methyl sites for hydroxylation is 1. The minimum atomic E-state index is -0.281. The average Bonchev–Trinajstić information content (AvgIpc) is 3.40. The molecule has 1 aromatic heterocycles. The number of fused-ring (bicyclic) bond motifs is 2. The molecule has 0 saturated carbocycles. The molecule has 1 aliphatic heterocycles. The number of carbonyl (C=O) groups excluding carboxylic acids is 1. The van der Waals surface area contributed by atoms with E-state index in [0.717, 1.165) is 53.7 Å². The molecule has 1 fully saturated rings. The number of rotatable bonds is 9. The van der Waals surface area contributed by atoms with E-state index in [0.29, 0.717) is 24.6 Å². The van der Waals surface area contributed by atoms with Gasteiger partial charge in [0.2, 0.25) is 0 Å². The molecule has 32 heavy (non-hydrogen) atoms. The average molecular weight is 442 g/mol. The predicted octanol–water partition coefficient (Wildman–Crippen LogP) is 4.48. The topological polar surface area (TPSA) is 72.9 Å². The molecule has 1 aromatic carbocycles. The summed E-state index contributed by atoms with van der Waals surface area (Å²) in [7, 11) is 1.66. The van der Waals surface area contributed by atoms with Gasteiger partial charge in [0.05, 0.1) is 30.6 Å². The summed E-state index contributed by atoms with van der Waals surface area (Å²) in [6.07, 6.45) is 4.84. The van der Waals surface area contributed by atoms with Gasteiger partial charge in [-0.2, -0.15) is 0 Å². The minimum Gasteiger partial charge on any atom is -0.493 e. The molecule has 0 bridgehead atoms. The molecular weight excluding hydrogens is 406 g/mol. The number of carbonyl (C=O) groups is 1. The van der Waals surface area contributed by atoms with Gasteiger partial charge < -0.3 is 24.4 Å². The number of ether oxygens (including phenoxy) is 3. The van der Waals surface area contributed by atoms with E-state index in [-0.39, 0.29) is 11.6 Å². The Kier molecular flexibility index (Phi) is 6.74. The number of benzene rings is 1. The Balaban J connectivity index is 1.66.